The summed E-state index contributed by atoms with van der Waals surface area (Å²) in [6, 6.07) is 0. The number of aromatic nitrogens is 2. The second-order valence-corrected chi connectivity index (χ2v) is 4.65. The van der Waals surface area contributed by atoms with Crippen LogP contribution in [0.2, 0.25) is 0 Å². The standard InChI is InChI=1S/C13H22N4O/c1-4-5-11-12(14-3)15-9-16-13(11)17-6-7-18-10(2)8-17/h9-10H,4-8H2,1-3H3,(H,14,15,16). The molecular formula is C13H22N4O. The summed E-state index contributed by atoms with van der Waals surface area (Å²) in [4.78, 5) is 11.1. The van der Waals surface area contributed by atoms with Gasteiger partial charge in [0.2, 0.25) is 0 Å². The molecule has 2 heterocycles. The van der Waals surface area contributed by atoms with Gasteiger partial charge in [-0.2, -0.15) is 0 Å². The molecule has 0 bridgehead atoms. The molecule has 1 aromatic rings. The van der Waals surface area contributed by atoms with Gasteiger partial charge in [-0.3, -0.25) is 0 Å². The Morgan fingerprint density at radius 2 is 2.33 bits per heavy atom. The zero-order valence-corrected chi connectivity index (χ0v) is 11.4. The molecule has 1 aliphatic rings. The number of nitrogens with zero attached hydrogens (tertiary/aromatic N) is 3. The second-order valence-electron chi connectivity index (χ2n) is 4.65. The molecule has 0 aromatic carbocycles. The van der Waals surface area contributed by atoms with E-state index in [9.17, 15) is 0 Å². The molecule has 5 nitrogen and oxygen atoms in total. The van der Waals surface area contributed by atoms with Gasteiger partial charge in [0.15, 0.2) is 0 Å². The van der Waals surface area contributed by atoms with E-state index < -0.39 is 0 Å². The zero-order chi connectivity index (χ0) is 13.0. The molecule has 1 atom stereocenters. The third kappa shape index (κ3) is 2.72. The topological polar surface area (TPSA) is 50.3 Å². The van der Waals surface area contributed by atoms with E-state index in [-0.39, 0.29) is 6.10 Å². The number of rotatable bonds is 4. The van der Waals surface area contributed by atoms with Crippen molar-refractivity contribution in [2.24, 2.45) is 0 Å². The molecule has 0 aliphatic carbocycles. The largest absolute Gasteiger partial charge is 0.375 e. The molecule has 1 fully saturated rings. The first-order valence-corrected chi connectivity index (χ1v) is 6.64. The van der Waals surface area contributed by atoms with Crippen molar-refractivity contribution in [2.45, 2.75) is 32.8 Å². The fraction of sp³-hybridized carbons (Fsp3) is 0.692. The van der Waals surface area contributed by atoms with Crippen LogP contribution < -0.4 is 10.2 Å². The molecule has 2 rings (SSSR count). The van der Waals surface area contributed by atoms with Gasteiger partial charge in [-0.15, -0.1) is 0 Å². The van der Waals surface area contributed by atoms with Gasteiger partial charge < -0.3 is 15.0 Å². The first kappa shape index (κ1) is 13.1. The predicted octanol–water partition coefficient (Wildman–Crippen LogP) is 1.70. The van der Waals surface area contributed by atoms with Crippen molar-refractivity contribution in [1.82, 2.24) is 9.97 Å². The predicted molar refractivity (Wildman–Crippen MR) is 73.2 cm³/mol. The Labute approximate surface area is 109 Å². The first-order chi connectivity index (χ1) is 8.76. The normalized spacial score (nSPS) is 19.9. The van der Waals surface area contributed by atoms with E-state index in [0.717, 1.165) is 44.2 Å². The maximum absolute atomic E-state index is 5.59. The molecule has 100 valence electrons. The molecule has 18 heavy (non-hydrogen) atoms. The van der Waals surface area contributed by atoms with Gasteiger partial charge in [-0.1, -0.05) is 13.3 Å². The summed E-state index contributed by atoms with van der Waals surface area (Å²) in [6.07, 6.45) is 3.99. The molecule has 1 aromatic heterocycles. The first-order valence-electron chi connectivity index (χ1n) is 6.64. The highest BCUT2D eigenvalue weighted by Crippen LogP contribution is 2.26. The Balaban J connectivity index is 2.30. The minimum Gasteiger partial charge on any atom is -0.375 e. The van der Waals surface area contributed by atoms with Gasteiger partial charge in [0.1, 0.15) is 18.0 Å². The second kappa shape index (κ2) is 6.00. The number of anilines is 2. The maximum atomic E-state index is 5.59. The smallest absolute Gasteiger partial charge is 0.137 e. The van der Waals surface area contributed by atoms with E-state index in [0.29, 0.717) is 0 Å². The van der Waals surface area contributed by atoms with E-state index in [1.807, 2.05) is 7.05 Å². The Hall–Kier alpha value is -1.36. The lowest BCUT2D eigenvalue weighted by molar-refractivity contribution is 0.0529. The van der Waals surface area contributed by atoms with E-state index in [1.54, 1.807) is 6.33 Å². The van der Waals surface area contributed by atoms with Gasteiger partial charge in [-0.25, -0.2) is 9.97 Å². The van der Waals surface area contributed by atoms with Crippen LogP contribution in [0.1, 0.15) is 25.8 Å². The number of hydrogen-bond acceptors (Lipinski definition) is 5. The molecule has 1 N–H and O–H groups in total. The number of morpholine rings is 1. The number of nitrogens with one attached hydrogen (secondary N) is 1. The van der Waals surface area contributed by atoms with Crippen molar-refractivity contribution in [3.63, 3.8) is 0 Å². The lowest BCUT2D eigenvalue weighted by atomic mass is 10.1. The molecule has 0 saturated carbocycles. The van der Waals surface area contributed by atoms with Gasteiger partial charge in [0, 0.05) is 25.7 Å². The quantitative estimate of drug-likeness (QED) is 0.881. The highest BCUT2D eigenvalue weighted by Gasteiger charge is 2.21. The Kier molecular flexibility index (Phi) is 4.36. The zero-order valence-electron chi connectivity index (χ0n) is 11.4. The van der Waals surface area contributed by atoms with Crippen LogP contribution in [0.5, 0.6) is 0 Å². The van der Waals surface area contributed by atoms with Crippen molar-refractivity contribution in [3.05, 3.63) is 11.9 Å². The summed E-state index contributed by atoms with van der Waals surface area (Å²) >= 11 is 0. The monoisotopic (exact) mass is 250 g/mol. The Bertz CT molecular complexity index is 397. The third-order valence-electron chi connectivity index (χ3n) is 3.20. The summed E-state index contributed by atoms with van der Waals surface area (Å²) in [5, 5.41) is 3.16. The van der Waals surface area contributed by atoms with Gasteiger partial charge in [-0.05, 0) is 13.3 Å². The van der Waals surface area contributed by atoms with Crippen molar-refractivity contribution in [1.29, 1.82) is 0 Å². The van der Waals surface area contributed by atoms with Crippen LogP contribution in [-0.2, 0) is 11.2 Å². The molecule has 0 radical (unpaired) electrons. The maximum Gasteiger partial charge on any atom is 0.137 e. The van der Waals surface area contributed by atoms with Crippen LogP contribution >= 0.6 is 0 Å². The fourth-order valence-electron chi connectivity index (χ4n) is 2.38. The van der Waals surface area contributed by atoms with E-state index in [1.165, 1.54) is 5.56 Å². The molecular weight excluding hydrogens is 228 g/mol. The number of hydrogen-bond donors (Lipinski definition) is 1. The van der Waals surface area contributed by atoms with Crippen molar-refractivity contribution >= 4 is 11.6 Å². The van der Waals surface area contributed by atoms with Crippen LogP contribution in [0.15, 0.2) is 6.33 Å². The molecule has 1 aliphatic heterocycles. The van der Waals surface area contributed by atoms with E-state index in [4.69, 9.17) is 4.74 Å². The van der Waals surface area contributed by atoms with Crippen LogP contribution in [0.3, 0.4) is 0 Å². The lowest BCUT2D eigenvalue weighted by Gasteiger charge is -2.33. The van der Waals surface area contributed by atoms with Gasteiger partial charge in [0.25, 0.3) is 0 Å². The summed E-state index contributed by atoms with van der Waals surface area (Å²) in [5.74, 6) is 2.01. The van der Waals surface area contributed by atoms with Gasteiger partial charge >= 0.3 is 0 Å². The minimum atomic E-state index is 0.265. The molecule has 1 saturated heterocycles. The lowest BCUT2D eigenvalue weighted by Crippen LogP contribution is -2.42. The molecule has 1 unspecified atom stereocenters. The Morgan fingerprint density at radius 3 is 3.00 bits per heavy atom. The van der Waals surface area contributed by atoms with Crippen LogP contribution in [-0.4, -0.2) is 42.8 Å². The van der Waals surface area contributed by atoms with E-state index in [2.05, 4.69) is 34.0 Å². The van der Waals surface area contributed by atoms with E-state index >= 15 is 0 Å². The van der Waals surface area contributed by atoms with Crippen molar-refractivity contribution in [3.8, 4) is 0 Å². The highest BCUT2D eigenvalue weighted by molar-refractivity contribution is 5.58. The summed E-state index contributed by atoms with van der Waals surface area (Å²) in [6.45, 7) is 6.85. The minimum absolute atomic E-state index is 0.265. The molecule has 0 spiro atoms. The average Bonchev–Trinajstić information content (AvgIpc) is 2.39. The van der Waals surface area contributed by atoms with Crippen molar-refractivity contribution in [2.75, 3.05) is 37.0 Å². The Morgan fingerprint density at radius 1 is 1.50 bits per heavy atom. The summed E-state index contributed by atoms with van der Waals surface area (Å²) < 4.78 is 5.59. The molecule has 0 amide bonds. The SMILES string of the molecule is CCCc1c(NC)ncnc1N1CCOC(C)C1. The molecule has 5 heteroatoms. The van der Waals surface area contributed by atoms with Crippen LogP contribution in [0.4, 0.5) is 11.6 Å². The van der Waals surface area contributed by atoms with Crippen molar-refractivity contribution < 1.29 is 4.74 Å². The third-order valence-corrected chi connectivity index (χ3v) is 3.20. The van der Waals surface area contributed by atoms with Crippen LogP contribution in [0, 0.1) is 0 Å². The summed E-state index contributed by atoms with van der Waals surface area (Å²) in [5.41, 5.74) is 1.22. The van der Waals surface area contributed by atoms with Gasteiger partial charge in [0.05, 0.1) is 12.7 Å². The number of ether oxygens (including phenoxy) is 1. The van der Waals surface area contributed by atoms with Crippen LogP contribution in [0.25, 0.3) is 0 Å². The fourth-order valence-corrected chi connectivity index (χ4v) is 2.38. The summed E-state index contributed by atoms with van der Waals surface area (Å²) in [7, 11) is 1.91. The average molecular weight is 250 g/mol. The highest BCUT2D eigenvalue weighted by atomic mass is 16.5.